The fourth-order valence-electron chi connectivity index (χ4n) is 4.59. The van der Waals surface area contributed by atoms with Gasteiger partial charge in [0.15, 0.2) is 11.5 Å². The number of aryl methyl sites for hydroxylation is 3. The molecule has 1 unspecified atom stereocenters. The molecule has 5 rings (SSSR count). The van der Waals surface area contributed by atoms with Crippen LogP contribution in [0.2, 0.25) is 0 Å². The fraction of sp³-hybridized carbons (Fsp3) is 0.333. The van der Waals surface area contributed by atoms with Crippen LogP contribution in [0.4, 0.5) is 17.2 Å². The lowest BCUT2D eigenvalue weighted by Crippen LogP contribution is -2.52. The average Bonchev–Trinajstić information content (AvgIpc) is 3.26. The molecule has 1 fully saturated rings. The first-order valence-corrected chi connectivity index (χ1v) is 12.1. The largest absolute Gasteiger partial charge is 0.365 e. The van der Waals surface area contributed by atoms with E-state index in [4.69, 9.17) is 5.10 Å². The molecule has 1 atom stereocenters. The Kier molecular flexibility index (Phi) is 6.35. The van der Waals surface area contributed by atoms with Gasteiger partial charge >= 0.3 is 0 Å². The molecule has 1 aliphatic rings. The van der Waals surface area contributed by atoms with Gasteiger partial charge in [-0.3, -0.25) is 4.79 Å². The zero-order chi connectivity index (χ0) is 24.4. The molecule has 0 bridgehead atoms. The van der Waals surface area contributed by atoms with Crippen LogP contribution in [0.1, 0.15) is 30.3 Å². The van der Waals surface area contributed by atoms with Crippen LogP contribution < -0.4 is 15.1 Å². The Hall–Kier alpha value is -3.94. The van der Waals surface area contributed by atoms with Crippen LogP contribution in [0.3, 0.4) is 0 Å². The van der Waals surface area contributed by atoms with Crippen LogP contribution in [-0.2, 0) is 11.2 Å². The molecule has 0 radical (unpaired) electrons. The van der Waals surface area contributed by atoms with Crippen LogP contribution in [0.5, 0.6) is 0 Å². The normalized spacial score (nSPS) is 16.0. The maximum absolute atomic E-state index is 12.4. The minimum Gasteiger partial charge on any atom is -0.365 e. The Morgan fingerprint density at radius 3 is 2.60 bits per heavy atom. The van der Waals surface area contributed by atoms with Gasteiger partial charge in [-0.15, -0.1) is 15.3 Å². The van der Waals surface area contributed by atoms with Gasteiger partial charge in [-0.05, 0) is 62.7 Å². The highest BCUT2D eigenvalue weighted by Crippen LogP contribution is 2.24. The number of fused-ring (bicyclic) bond motifs is 1. The molecule has 0 aliphatic carbocycles. The van der Waals surface area contributed by atoms with Gasteiger partial charge in [0.1, 0.15) is 5.82 Å². The zero-order valence-electron chi connectivity index (χ0n) is 20.5. The second kappa shape index (κ2) is 9.74. The minimum absolute atomic E-state index is 0.0529. The summed E-state index contributed by atoms with van der Waals surface area (Å²) in [7, 11) is 0. The Labute approximate surface area is 205 Å². The number of amides is 1. The third-order valence-corrected chi connectivity index (χ3v) is 6.51. The topological polar surface area (TPSA) is 78.7 Å². The highest BCUT2D eigenvalue weighted by Gasteiger charge is 2.25. The van der Waals surface area contributed by atoms with E-state index in [0.717, 1.165) is 36.7 Å². The molecule has 1 saturated heterocycles. The standard InChI is InChI=1S/C27H31N7O/c1-19-7-9-22(10-8-19)28-27(35)14-13-25-30-29-24-11-12-26(31-34(24)25)32-15-16-33(21(3)18-32)23-6-4-5-20(2)17-23/h4-12,17,21H,13-16,18H2,1-3H3,(H,28,35). The SMILES string of the molecule is Cc1ccc(NC(=O)CCc2nnc3ccc(N4CCN(c5cccc(C)c5)C(C)C4)nn23)cc1. The van der Waals surface area contributed by atoms with Gasteiger partial charge < -0.3 is 15.1 Å². The smallest absolute Gasteiger partial charge is 0.224 e. The molecule has 3 heterocycles. The van der Waals surface area contributed by atoms with Crippen molar-refractivity contribution in [3.05, 3.63) is 77.6 Å². The van der Waals surface area contributed by atoms with Crippen LogP contribution in [0.15, 0.2) is 60.7 Å². The molecule has 8 nitrogen and oxygen atoms in total. The lowest BCUT2D eigenvalue weighted by atomic mass is 10.1. The van der Waals surface area contributed by atoms with Crippen molar-refractivity contribution in [3.8, 4) is 0 Å². The molecule has 1 amide bonds. The van der Waals surface area contributed by atoms with E-state index in [0.29, 0.717) is 30.4 Å². The first kappa shape index (κ1) is 22.8. The van der Waals surface area contributed by atoms with E-state index >= 15 is 0 Å². The number of piperazine rings is 1. The summed E-state index contributed by atoms with van der Waals surface area (Å²) >= 11 is 0. The molecule has 0 saturated carbocycles. The molecule has 2 aromatic carbocycles. The van der Waals surface area contributed by atoms with Gasteiger partial charge in [-0.2, -0.15) is 4.52 Å². The summed E-state index contributed by atoms with van der Waals surface area (Å²) in [6.07, 6.45) is 0.777. The number of hydrogen-bond donors (Lipinski definition) is 1. The Morgan fingerprint density at radius 1 is 1.00 bits per heavy atom. The van der Waals surface area contributed by atoms with E-state index in [2.05, 4.69) is 63.4 Å². The number of benzene rings is 2. The molecule has 1 aliphatic heterocycles. The van der Waals surface area contributed by atoms with Gasteiger partial charge in [-0.1, -0.05) is 29.8 Å². The molecular formula is C27H31N7O. The van der Waals surface area contributed by atoms with Gasteiger partial charge in [0, 0.05) is 49.9 Å². The van der Waals surface area contributed by atoms with Crippen molar-refractivity contribution in [2.45, 2.75) is 39.7 Å². The average molecular weight is 470 g/mol. The predicted octanol–water partition coefficient (Wildman–Crippen LogP) is 4.03. The third-order valence-electron chi connectivity index (χ3n) is 6.51. The summed E-state index contributed by atoms with van der Waals surface area (Å²) in [5.74, 6) is 1.54. The summed E-state index contributed by atoms with van der Waals surface area (Å²) in [6, 6.07) is 20.8. The van der Waals surface area contributed by atoms with E-state index in [1.807, 2.05) is 43.3 Å². The Morgan fingerprint density at radius 2 is 1.83 bits per heavy atom. The fourth-order valence-corrected chi connectivity index (χ4v) is 4.59. The Balaban J connectivity index is 1.25. The lowest BCUT2D eigenvalue weighted by molar-refractivity contribution is -0.116. The Bertz CT molecular complexity index is 1330. The second-order valence-corrected chi connectivity index (χ2v) is 9.32. The monoisotopic (exact) mass is 469 g/mol. The van der Waals surface area contributed by atoms with Crippen molar-refractivity contribution < 1.29 is 4.79 Å². The van der Waals surface area contributed by atoms with E-state index < -0.39 is 0 Å². The van der Waals surface area contributed by atoms with Crippen LogP contribution >= 0.6 is 0 Å². The molecule has 180 valence electrons. The highest BCUT2D eigenvalue weighted by molar-refractivity contribution is 5.90. The van der Waals surface area contributed by atoms with Crippen molar-refractivity contribution in [2.24, 2.45) is 0 Å². The molecule has 8 heteroatoms. The maximum Gasteiger partial charge on any atom is 0.224 e. The van der Waals surface area contributed by atoms with Crippen molar-refractivity contribution in [1.29, 1.82) is 0 Å². The molecule has 0 spiro atoms. The van der Waals surface area contributed by atoms with Crippen molar-refractivity contribution >= 4 is 28.7 Å². The van der Waals surface area contributed by atoms with Crippen LogP contribution in [0.25, 0.3) is 5.65 Å². The lowest BCUT2D eigenvalue weighted by Gasteiger charge is -2.41. The van der Waals surface area contributed by atoms with Crippen LogP contribution in [-0.4, -0.2) is 51.4 Å². The molecule has 1 N–H and O–H groups in total. The van der Waals surface area contributed by atoms with E-state index in [1.54, 1.807) is 4.52 Å². The number of anilines is 3. The van der Waals surface area contributed by atoms with Gasteiger partial charge in [0.2, 0.25) is 5.91 Å². The van der Waals surface area contributed by atoms with Gasteiger partial charge in [0.25, 0.3) is 0 Å². The summed E-state index contributed by atoms with van der Waals surface area (Å²) < 4.78 is 1.77. The van der Waals surface area contributed by atoms with Crippen molar-refractivity contribution in [2.75, 3.05) is 34.8 Å². The summed E-state index contributed by atoms with van der Waals surface area (Å²) in [4.78, 5) is 17.2. The maximum atomic E-state index is 12.4. The first-order chi connectivity index (χ1) is 17.0. The van der Waals surface area contributed by atoms with E-state index in [1.165, 1.54) is 11.3 Å². The minimum atomic E-state index is -0.0529. The number of nitrogens with one attached hydrogen (secondary N) is 1. The second-order valence-electron chi connectivity index (χ2n) is 9.32. The third kappa shape index (κ3) is 5.11. The molecule has 35 heavy (non-hydrogen) atoms. The van der Waals surface area contributed by atoms with Gasteiger partial charge in [0.05, 0.1) is 0 Å². The van der Waals surface area contributed by atoms with E-state index in [9.17, 15) is 4.79 Å². The van der Waals surface area contributed by atoms with E-state index in [-0.39, 0.29) is 5.91 Å². The number of aromatic nitrogens is 4. The summed E-state index contributed by atoms with van der Waals surface area (Å²) in [6.45, 7) is 9.10. The predicted molar refractivity (Wildman–Crippen MR) is 139 cm³/mol. The van der Waals surface area contributed by atoms with Crippen molar-refractivity contribution in [3.63, 3.8) is 0 Å². The number of rotatable bonds is 6. The summed E-state index contributed by atoms with van der Waals surface area (Å²) in [5, 5.41) is 16.3. The summed E-state index contributed by atoms with van der Waals surface area (Å²) in [5.41, 5.74) is 5.19. The number of carbonyl (C=O) groups is 1. The number of carbonyl (C=O) groups excluding carboxylic acids is 1. The highest BCUT2D eigenvalue weighted by atomic mass is 16.1. The first-order valence-electron chi connectivity index (χ1n) is 12.1. The molecule has 2 aromatic heterocycles. The quantitative estimate of drug-likeness (QED) is 0.459. The molecular weight excluding hydrogens is 438 g/mol. The number of nitrogens with zero attached hydrogens (tertiary/aromatic N) is 6. The zero-order valence-corrected chi connectivity index (χ0v) is 20.5. The van der Waals surface area contributed by atoms with Crippen LogP contribution in [0, 0.1) is 13.8 Å². The van der Waals surface area contributed by atoms with Crippen molar-refractivity contribution in [1.82, 2.24) is 19.8 Å². The molecule has 4 aromatic rings. The number of hydrogen-bond acceptors (Lipinski definition) is 6. The van der Waals surface area contributed by atoms with Gasteiger partial charge in [-0.25, -0.2) is 0 Å².